The van der Waals surface area contributed by atoms with Gasteiger partial charge in [-0.1, -0.05) is 18.9 Å². The molecule has 1 fully saturated rings. The number of methoxy groups -OCH3 is 1. The van der Waals surface area contributed by atoms with Crippen molar-refractivity contribution in [3.8, 4) is 5.75 Å². The average Bonchev–Trinajstić information content (AvgIpc) is 2.95. The van der Waals surface area contributed by atoms with Crippen LogP contribution in [0.2, 0.25) is 0 Å². The van der Waals surface area contributed by atoms with E-state index in [1.165, 1.54) is 7.11 Å². The molecule has 0 heterocycles. The molecule has 0 bridgehead atoms. The number of benzene rings is 1. The van der Waals surface area contributed by atoms with Gasteiger partial charge in [0.15, 0.2) is 0 Å². The van der Waals surface area contributed by atoms with Gasteiger partial charge in [-0.25, -0.2) is 4.79 Å². The Labute approximate surface area is 142 Å². The van der Waals surface area contributed by atoms with Crippen molar-refractivity contribution in [2.75, 3.05) is 12.4 Å². The van der Waals surface area contributed by atoms with E-state index < -0.39 is 23.1 Å². The highest BCUT2D eigenvalue weighted by Gasteiger charge is 2.44. The molecule has 0 saturated heterocycles. The third-order valence-corrected chi connectivity index (χ3v) is 4.24. The fourth-order valence-electron chi connectivity index (χ4n) is 3.16. The normalized spacial score (nSPS) is 16.5. The van der Waals surface area contributed by atoms with Crippen LogP contribution in [0.4, 0.5) is 10.5 Å². The Morgan fingerprint density at radius 3 is 2.33 bits per heavy atom. The van der Waals surface area contributed by atoms with Crippen molar-refractivity contribution >= 4 is 17.7 Å². The first-order valence-corrected chi connectivity index (χ1v) is 8.10. The van der Waals surface area contributed by atoms with Crippen molar-refractivity contribution in [3.63, 3.8) is 0 Å². The van der Waals surface area contributed by atoms with Crippen molar-refractivity contribution in [1.82, 2.24) is 0 Å². The average molecular weight is 335 g/mol. The second kappa shape index (κ2) is 6.71. The predicted molar refractivity (Wildman–Crippen MR) is 90.6 cm³/mol. The van der Waals surface area contributed by atoms with Gasteiger partial charge in [0.2, 0.25) is 0 Å². The number of nitrogens with one attached hydrogen (secondary N) is 1. The zero-order chi connectivity index (χ0) is 18.0. The minimum atomic E-state index is -0.976. The lowest BCUT2D eigenvalue weighted by molar-refractivity contribution is -0.143. The van der Waals surface area contributed by atoms with Crippen LogP contribution < -0.4 is 10.1 Å². The molecule has 2 N–H and O–H groups in total. The van der Waals surface area contributed by atoms with Crippen molar-refractivity contribution in [3.05, 3.63) is 23.8 Å². The van der Waals surface area contributed by atoms with Gasteiger partial charge in [0.05, 0.1) is 18.2 Å². The molecule has 1 aliphatic rings. The van der Waals surface area contributed by atoms with Crippen molar-refractivity contribution in [2.24, 2.45) is 0 Å². The van der Waals surface area contributed by atoms with E-state index in [1.54, 1.807) is 39.0 Å². The summed E-state index contributed by atoms with van der Waals surface area (Å²) in [5.41, 5.74) is -0.593. The SMILES string of the molecule is COc1ccc(C2(C(=O)O)CCCC2)c(NC(=O)OC(C)(C)C)c1. The van der Waals surface area contributed by atoms with Gasteiger partial charge in [-0.15, -0.1) is 0 Å². The molecule has 1 saturated carbocycles. The zero-order valence-electron chi connectivity index (χ0n) is 14.6. The lowest BCUT2D eigenvalue weighted by Gasteiger charge is -2.28. The van der Waals surface area contributed by atoms with Crippen LogP contribution in [0.5, 0.6) is 5.75 Å². The molecule has 6 heteroatoms. The first kappa shape index (κ1) is 18.1. The number of carbonyl (C=O) groups excluding carboxylic acids is 1. The molecule has 132 valence electrons. The third-order valence-electron chi connectivity index (χ3n) is 4.24. The van der Waals surface area contributed by atoms with E-state index in [9.17, 15) is 14.7 Å². The van der Waals surface area contributed by atoms with Gasteiger partial charge in [0.25, 0.3) is 0 Å². The largest absolute Gasteiger partial charge is 0.497 e. The Balaban J connectivity index is 2.41. The fourth-order valence-corrected chi connectivity index (χ4v) is 3.16. The molecule has 0 aromatic heterocycles. The Hall–Kier alpha value is -2.24. The quantitative estimate of drug-likeness (QED) is 0.870. The number of carboxylic acids is 1. The number of hydrogen-bond acceptors (Lipinski definition) is 4. The molecule has 1 amide bonds. The number of rotatable bonds is 4. The van der Waals surface area contributed by atoms with E-state index in [0.717, 1.165) is 12.8 Å². The monoisotopic (exact) mass is 335 g/mol. The van der Waals surface area contributed by atoms with Crippen molar-refractivity contribution in [1.29, 1.82) is 0 Å². The molecule has 6 nitrogen and oxygen atoms in total. The van der Waals surface area contributed by atoms with Gasteiger partial charge in [0.1, 0.15) is 11.4 Å². The summed E-state index contributed by atoms with van der Waals surface area (Å²) < 4.78 is 10.5. The van der Waals surface area contributed by atoms with E-state index in [2.05, 4.69) is 5.32 Å². The first-order chi connectivity index (χ1) is 11.2. The molecule has 0 aliphatic heterocycles. The Kier molecular flexibility index (Phi) is 5.06. The molecule has 0 unspecified atom stereocenters. The minimum absolute atomic E-state index is 0.424. The summed E-state index contributed by atoms with van der Waals surface area (Å²) in [6.07, 6.45) is 2.19. The van der Waals surface area contributed by atoms with Crippen LogP contribution in [0.1, 0.15) is 52.0 Å². The summed E-state index contributed by atoms with van der Waals surface area (Å²) in [5.74, 6) is -0.319. The molecule has 0 radical (unpaired) electrons. The Morgan fingerprint density at radius 1 is 1.21 bits per heavy atom. The van der Waals surface area contributed by atoms with Crippen LogP contribution in [0.3, 0.4) is 0 Å². The maximum atomic E-state index is 12.1. The van der Waals surface area contributed by atoms with Crippen LogP contribution in [0.25, 0.3) is 0 Å². The van der Waals surface area contributed by atoms with E-state index in [4.69, 9.17) is 9.47 Å². The van der Waals surface area contributed by atoms with Crippen LogP contribution in [0, 0.1) is 0 Å². The smallest absolute Gasteiger partial charge is 0.412 e. The second-order valence-electron chi connectivity index (χ2n) is 7.13. The predicted octanol–water partition coefficient (Wildman–Crippen LogP) is 3.94. The summed E-state index contributed by atoms with van der Waals surface area (Å²) in [7, 11) is 1.52. The highest BCUT2D eigenvalue weighted by molar-refractivity contribution is 5.91. The van der Waals surface area contributed by atoms with E-state index >= 15 is 0 Å². The summed E-state index contributed by atoms with van der Waals surface area (Å²) in [5, 5.41) is 12.5. The number of hydrogen-bond donors (Lipinski definition) is 2. The molecule has 1 aromatic rings. The van der Waals surface area contributed by atoms with Crippen LogP contribution in [-0.4, -0.2) is 29.9 Å². The third kappa shape index (κ3) is 3.80. The Morgan fingerprint density at radius 2 is 1.83 bits per heavy atom. The molecular formula is C18H25NO5. The van der Waals surface area contributed by atoms with Crippen LogP contribution in [-0.2, 0) is 14.9 Å². The van der Waals surface area contributed by atoms with Gasteiger partial charge in [-0.3, -0.25) is 10.1 Å². The van der Waals surface area contributed by atoms with Gasteiger partial charge >= 0.3 is 12.1 Å². The zero-order valence-corrected chi connectivity index (χ0v) is 14.6. The lowest BCUT2D eigenvalue weighted by atomic mass is 9.78. The molecule has 1 aromatic carbocycles. The van der Waals surface area contributed by atoms with E-state index in [0.29, 0.717) is 29.8 Å². The second-order valence-corrected chi connectivity index (χ2v) is 7.13. The lowest BCUT2D eigenvalue weighted by Crippen LogP contribution is -2.34. The van der Waals surface area contributed by atoms with Gasteiger partial charge < -0.3 is 14.6 Å². The van der Waals surface area contributed by atoms with Gasteiger partial charge in [-0.05, 0) is 45.2 Å². The molecule has 2 rings (SSSR count). The highest BCUT2D eigenvalue weighted by Crippen LogP contribution is 2.45. The van der Waals surface area contributed by atoms with Crippen molar-refractivity contribution < 1.29 is 24.2 Å². The summed E-state index contributed by atoms with van der Waals surface area (Å²) >= 11 is 0. The van der Waals surface area contributed by atoms with Gasteiger partial charge in [-0.2, -0.15) is 0 Å². The number of amides is 1. The highest BCUT2D eigenvalue weighted by atomic mass is 16.6. The van der Waals surface area contributed by atoms with E-state index in [-0.39, 0.29) is 0 Å². The number of carboxylic acid groups (broad SMARTS) is 1. The molecule has 24 heavy (non-hydrogen) atoms. The minimum Gasteiger partial charge on any atom is -0.497 e. The maximum Gasteiger partial charge on any atom is 0.412 e. The Bertz CT molecular complexity index is 627. The summed E-state index contributed by atoms with van der Waals surface area (Å²) in [4.78, 5) is 24.1. The van der Waals surface area contributed by atoms with Crippen LogP contribution >= 0.6 is 0 Å². The number of aliphatic carboxylic acids is 1. The standard InChI is InChI=1S/C18H25NO5/c1-17(2,3)24-16(22)19-14-11-12(23-4)7-8-13(14)18(15(20)21)9-5-6-10-18/h7-8,11H,5-6,9-10H2,1-4H3,(H,19,22)(H,20,21). The van der Waals surface area contributed by atoms with Crippen molar-refractivity contribution in [2.45, 2.75) is 57.5 Å². The fraction of sp³-hybridized carbons (Fsp3) is 0.556. The number of anilines is 1. The topological polar surface area (TPSA) is 84.9 Å². The number of carbonyl (C=O) groups is 2. The van der Waals surface area contributed by atoms with Gasteiger partial charge in [0, 0.05) is 6.07 Å². The maximum absolute atomic E-state index is 12.1. The molecular weight excluding hydrogens is 310 g/mol. The number of ether oxygens (including phenoxy) is 2. The summed E-state index contributed by atoms with van der Waals surface area (Å²) in [6.45, 7) is 5.32. The molecule has 0 atom stereocenters. The molecule has 1 aliphatic carbocycles. The first-order valence-electron chi connectivity index (χ1n) is 8.10. The summed E-state index contributed by atoms with van der Waals surface area (Å²) in [6, 6.07) is 5.09. The van der Waals surface area contributed by atoms with E-state index in [1.807, 2.05) is 0 Å². The van der Waals surface area contributed by atoms with Crippen LogP contribution in [0.15, 0.2) is 18.2 Å². The molecule has 0 spiro atoms.